The monoisotopic (exact) mass is 256 g/mol. The second-order valence-electron chi connectivity index (χ2n) is 3.84. The zero-order valence-corrected chi connectivity index (χ0v) is 10.7. The van der Waals surface area contributed by atoms with Crippen LogP contribution in [0.2, 0.25) is 0 Å². The number of aliphatic carboxylic acids is 1. The van der Waals surface area contributed by atoms with E-state index in [0.29, 0.717) is 0 Å². The number of methoxy groups -OCH3 is 2. The Morgan fingerprint density at radius 1 is 1.17 bits per heavy atom. The van der Waals surface area contributed by atoms with E-state index in [0.717, 1.165) is 0 Å². The number of aromatic nitrogens is 3. The molecule has 0 spiro atoms. The van der Waals surface area contributed by atoms with Gasteiger partial charge in [0.1, 0.15) is 6.04 Å². The molecule has 18 heavy (non-hydrogen) atoms. The number of nitrogens with one attached hydrogen (secondary N) is 1. The molecule has 0 fully saturated rings. The first-order valence-electron chi connectivity index (χ1n) is 5.31. The Labute approximate surface area is 104 Å². The number of rotatable bonds is 6. The molecule has 2 N–H and O–H groups in total. The number of hydrogen-bond acceptors (Lipinski definition) is 7. The molecular formula is C10H16N4O4. The van der Waals surface area contributed by atoms with Crippen molar-refractivity contribution in [3.05, 3.63) is 0 Å². The van der Waals surface area contributed by atoms with Gasteiger partial charge in [-0.2, -0.15) is 9.97 Å². The number of carboxylic acid groups (broad SMARTS) is 1. The number of ether oxygens (including phenoxy) is 2. The minimum atomic E-state index is -0.983. The Bertz CT molecular complexity index is 402. The van der Waals surface area contributed by atoms with Gasteiger partial charge in [0.25, 0.3) is 0 Å². The molecule has 8 heteroatoms. The molecule has 0 saturated heterocycles. The molecule has 1 unspecified atom stereocenters. The number of hydrogen-bond donors (Lipinski definition) is 2. The van der Waals surface area contributed by atoms with Crippen LogP contribution < -0.4 is 14.8 Å². The Morgan fingerprint density at radius 2 is 1.67 bits per heavy atom. The Morgan fingerprint density at radius 3 is 2.00 bits per heavy atom. The zero-order chi connectivity index (χ0) is 13.7. The molecule has 0 bridgehead atoms. The first kappa shape index (κ1) is 13.9. The van der Waals surface area contributed by atoms with Gasteiger partial charge in [-0.05, 0) is 5.92 Å². The van der Waals surface area contributed by atoms with Gasteiger partial charge in [0.05, 0.1) is 14.2 Å². The van der Waals surface area contributed by atoms with Crippen LogP contribution in [0.4, 0.5) is 5.95 Å². The summed E-state index contributed by atoms with van der Waals surface area (Å²) in [4.78, 5) is 22.7. The third-order valence-corrected chi connectivity index (χ3v) is 2.18. The highest BCUT2D eigenvalue weighted by atomic mass is 16.5. The maximum absolute atomic E-state index is 11.1. The van der Waals surface area contributed by atoms with Gasteiger partial charge in [0.2, 0.25) is 5.95 Å². The topological polar surface area (TPSA) is 106 Å². The van der Waals surface area contributed by atoms with Crippen LogP contribution in [0.25, 0.3) is 0 Å². The molecule has 1 heterocycles. The third kappa shape index (κ3) is 3.44. The summed E-state index contributed by atoms with van der Waals surface area (Å²) in [6.45, 7) is 3.56. The zero-order valence-electron chi connectivity index (χ0n) is 10.7. The fraction of sp³-hybridized carbons (Fsp3) is 0.600. The Kier molecular flexibility index (Phi) is 4.64. The van der Waals surface area contributed by atoms with Crippen LogP contribution in [0.5, 0.6) is 12.0 Å². The average molecular weight is 256 g/mol. The highest BCUT2D eigenvalue weighted by Gasteiger charge is 2.23. The summed E-state index contributed by atoms with van der Waals surface area (Å²) in [5.74, 6) is -1.01. The van der Waals surface area contributed by atoms with Gasteiger partial charge in [-0.15, -0.1) is 4.98 Å². The van der Waals surface area contributed by atoms with E-state index in [1.165, 1.54) is 14.2 Å². The summed E-state index contributed by atoms with van der Waals surface area (Å²) in [7, 11) is 2.80. The maximum Gasteiger partial charge on any atom is 0.326 e. The lowest BCUT2D eigenvalue weighted by atomic mass is 10.1. The Balaban J connectivity index is 2.98. The molecule has 1 aromatic heterocycles. The van der Waals surface area contributed by atoms with Gasteiger partial charge in [-0.3, -0.25) is 0 Å². The number of carbonyl (C=O) groups is 1. The van der Waals surface area contributed by atoms with Gasteiger partial charge in [0, 0.05) is 0 Å². The lowest BCUT2D eigenvalue weighted by Gasteiger charge is -2.17. The number of anilines is 1. The summed E-state index contributed by atoms with van der Waals surface area (Å²) in [5, 5.41) is 11.8. The highest BCUT2D eigenvalue weighted by Crippen LogP contribution is 2.15. The van der Waals surface area contributed by atoms with Crippen molar-refractivity contribution in [1.29, 1.82) is 0 Å². The maximum atomic E-state index is 11.1. The quantitative estimate of drug-likeness (QED) is 0.753. The van der Waals surface area contributed by atoms with Crippen molar-refractivity contribution < 1.29 is 19.4 Å². The smallest absolute Gasteiger partial charge is 0.326 e. The van der Waals surface area contributed by atoms with Crippen LogP contribution in [0.1, 0.15) is 13.8 Å². The van der Waals surface area contributed by atoms with E-state index < -0.39 is 12.0 Å². The molecular weight excluding hydrogens is 240 g/mol. The van der Waals surface area contributed by atoms with Crippen LogP contribution in [0.3, 0.4) is 0 Å². The summed E-state index contributed by atoms with van der Waals surface area (Å²) >= 11 is 0. The van der Waals surface area contributed by atoms with E-state index in [1.54, 1.807) is 13.8 Å². The van der Waals surface area contributed by atoms with Crippen molar-refractivity contribution in [2.75, 3.05) is 19.5 Å². The second-order valence-corrected chi connectivity index (χ2v) is 3.84. The van der Waals surface area contributed by atoms with Gasteiger partial charge in [-0.1, -0.05) is 13.8 Å². The van der Waals surface area contributed by atoms with Crippen molar-refractivity contribution in [3.63, 3.8) is 0 Å². The molecule has 0 radical (unpaired) electrons. The van der Waals surface area contributed by atoms with E-state index in [9.17, 15) is 4.79 Å². The Hall–Kier alpha value is -2.12. The van der Waals surface area contributed by atoms with Crippen molar-refractivity contribution >= 4 is 11.9 Å². The molecule has 0 saturated carbocycles. The highest BCUT2D eigenvalue weighted by molar-refractivity contribution is 5.76. The van der Waals surface area contributed by atoms with E-state index in [1.807, 2.05) is 0 Å². The van der Waals surface area contributed by atoms with Crippen molar-refractivity contribution in [3.8, 4) is 12.0 Å². The minimum absolute atomic E-state index is 0.0530. The lowest BCUT2D eigenvalue weighted by molar-refractivity contribution is -0.138. The van der Waals surface area contributed by atoms with Crippen LogP contribution in [0, 0.1) is 5.92 Å². The standard InChI is InChI=1S/C10H16N4O4/c1-5(2)6(7(15)16)11-8-12-9(17-3)14-10(13-8)18-4/h5-6H,1-4H3,(H,15,16)(H,11,12,13,14). The molecule has 8 nitrogen and oxygen atoms in total. The van der Waals surface area contributed by atoms with E-state index >= 15 is 0 Å². The lowest BCUT2D eigenvalue weighted by Crippen LogP contribution is -2.35. The molecule has 0 aliphatic carbocycles. The molecule has 1 aromatic rings. The van der Waals surface area contributed by atoms with Crippen LogP contribution in [-0.2, 0) is 4.79 Å². The average Bonchev–Trinajstić information content (AvgIpc) is 2.34. The van der Waals surface area contributed by atoms with Crippen molar-refractivity contribution in [1.82, 2.24) is 15.0 Å². The van der Waals surface area contributed by atoms with Gasteiger partial charge in [0.15, 0.2) is 0 Å². The first-order valence-corrected chi connectivity index (χ1v) is 5.31. The summed E-state index contributed by atoms with van der Waals surface area (Å²) in [6.07, 6.45) is 0. The number of nitrogens with zero attached hydrogens (tertiary/aromatic N) is 3. The normalized spacial score (nSPS) is 12.1. The van der Waals surface area contributed by atoms with Crippen LogP contribution >= 0.6 is 0 Å². The van der Waals surface area contributed by atoms with Crippen molar-refractivity contribution in [2.45, 2.75) is 19.9 Å². The summed E-state index contributed by atoms with van der Waals surface area (Å²) < 4.78 is 9.74. The predicted molar refractivity (Wildman–Crippen MR) is 62.8 cm³/mol. The SMILES string of the molecule is COc1nc(NC(C(=O)O)C(C)C)nc(OC)n1. The van der Waals surface area contributed by atoms with E-state index in [2.05, 4.69) is 20.3 Å². The molecule has 100 valence electrons. The fourth-order valence-electron chi connectivity index (χ4n) is 1.24. The molecule has 0 aliphatic rings. The third-order valence-electron chi connectivity index (χ3n) is 2.18. The van der Waals surface area contributed by atoms with E-state index in [-0.39, 0.29) is 23.9 Å². The van der Waals surface area contributed by atoms with Crippen molar-refractivity contribution in [2.24, 2.45) is 5.92 Å². The fourth-order valence-corrected chi connectivity index (χ4v) is 1.24. The van der Waals surface area contributed by atoms with Crippen LogP contribution in [-0.4, -0.2) is 46.3 Å². The number of carboxylic acids is 1. The van der Waals surface area contributed by atoms with Gasteiger partial charge < -0.3 is 19.9 Å². The molecule has 0 amide bonds. The molecule has 1 atom stereocenters. The minimum Gasteiger partial charge on any atom is -0.480 e. The van der Waals surface area contributed by atoms with Crippen LogP contribution in [0.15, 0.2) is 0 Å². The summed E-state index contributed by atoms with van der Waals surface area (Å²) in [6, 6.07) is -0.698. The first-order chi connectivity index (χ1) is 8.47. The molecule has 0 aromatic carbocycles. The molecule has 1 rings (SSSR count). The predicted octanol–water partition coefficient (Wildman–Crippen LogP) is 0.410. The largest absolute Gasteiger partial charge is 0.480 e. The van der Waals surface area contributed by atoms with Gasteiger partial charge >= 0.3 is 18.0 Å². The van der Waals surface area contributed by atoms with Gasteiger partial charge in [-0.25, -0.2) is 4.79 Å². The van der Waals surface area contributed by atoms with E-state index in [4.69, 9.17) is 14.6 Å². The second kappa shape index (κ2) is 5.99. The summed E-state index contributed by atoms with van der Waals surface area (Å²) in [5.41, 5.74) is 0. The molecule has 0 aliphatic heterocycles.